The molecule has 1 fully saturated rings. The first-order valence-electron chi connectivity index (χ1n) is 8.23. The topological polar surface area (TPSA) is 43.8 Å². The first-order chi connectivity index (χ1) is 11.5. The van der Waals surface area contributed by atoms with Crippen molar-refractivity contribution in [2.75, 3.05) is 40.3 Å². The van der Waals surface area contributed by atoms with Crippen molar-refractivity contribution in [2.24, 2.45) is 11.8 Å². The first-order valence-corrected chi connectivity index (χ1v) is 8.61. The molecule has 24 heavy (non-hydrogen) atoms. The molecule has 0 bridgehead atoms. The number of aliphatic hydroxyl groups is 1. The molecule has 1 saturated heterocycles. The molecule has 3 rings (SSSR count). The number of hydrogen-bond acceptors (Lipinski definition) is 3. The van der Waals surface area contributed by atoms with Crippen LogP contribution in [0.25, 0.3) is 10.8 Å². The average molecular weight is 347 g/mol. The van der Waals surface area contributed by atoms with Gasteiger partial charge in [-0.25, -0.2) is 0 Å². The summed E-state index contributed by atoms with van der Waals surface area (Å²) in [6.07, 6.45) is 0. The Morgan fingerprint density at radius 3 is 2.54 bits per heavy atom. The third-order valence-corrected chi connectivity index (χ3v) is 5.13. The van der Waals surface area contributed by atoms with Crippen molar-refractivity contribution in [3.8, 4) is 0 Å². The second kappa shape index (κ2) is 7.09. The Hall–Kier alpha value is -1.62. The highest BCUT2D eigenvalue weighted by Gasteiger charge is 2.35. The summed E-state index contributed by atoms with van der Waals surface area (Å²) in [4.78, 5) is 17.0. The third-order valence-electron chi connectivity index (χ3n) is 4.80. The fourth-order valence-corrected chi connectivity index (χ4v) is 3.85. The van der Waals surface area contributed by atoms with E-state index in [1.165, 1.54) is 0 Å². The molecule has 2 aromatic carbocycles. The van der Waals surface area contributed by atoms with Gasteiger partial charge in [0.05, 0.1) is 0 Å². The van der Waals surface area contributed by atoms with Gasteiger partial charge in [0, 0.05) is 48.1 Å². The summed E-state index contributed by atoms with van der Waals surface area (Å²) < 4.78 is 0. The molecule has 1 heterocycles. The number of rotatable bonds is 4. The predicted molar refractivity (Wildman–Crippen MR) is 97.5 cm³/mol. The van der Waals surface area contributed by atoms with E-state index in [0.717, 1.165) is 17.3 Å². The summed E-state index contributed by atoms with van der Waals surface area (Å²) in [5.74, 6) is 0.449. The van der Waals surface area contributed by atoms with E-state index in [0.29, 0.717) is 29.6 Å². The predicted octanol–water partition coefficient (Wildman–Crippen LogP) is 2.74. The van der Waals surface area contributed by atoms with Crippen molar-refractivity contribution < 1.29 is 9.90 Å². The highest BCUT2D eigenvalue weighted by atomic mass is 35.5. The fraction of sp³-hybridized carbons (Fsp3) is 0.421. The molecule has 0 spiro atoms. The lowest BCUT2D eigenvalue weighted by Crippen LogP contribution is -2.31. The number of carbonyl (C=O) groups is 1. The van der Waals surface area contributed by atoms with Crippen LogP contribution in [0.5, 0.6) is 0 Å². The molecule has 0 aliphatic carbocycles. The second-order valence-corrected chi connectivity index (χ2v) is 7.22. The maximum Gasteiger partial charge on any atom is 0.254 e. The highest BCUT2D eigenvalue weighted by Crippen LogP contribution is 2.29. The molecule has 2 unspecified atom stereocenters. The van der Waals surface area contributed by atoms with Crippen molar-refractivity contribution >= 4 is 28.3 Å². The molecule has 0 saturated carbocycles. The van der Waals surface area contributed by atoms with E-state index in [1.807, 2.05) is 55.4 Å². The summed E-state index contributed by atoms with van der Waals surface area (Å²) in [6, 6.07) is 11.3. The van der Waals surface area contributed by atoms with Crippen LogP contribution in [0.1, 0.15) is 10.4 Å². The average Bonchev–Trinajstić information content (AvgIpc) is 2.96. The van der Waals surface area contributed by atoms with Crippen LogP contribution in [0.3, 0.4) is 0 Å². The molecular formula is C19H23ClN2O2. The molecule has 1 aliphatic heterocycles. The zero-order valence-electron chi connectivity index (χ0n) is 14.1. The van der Waals surface area contributed by atoms with E-state index in [2.05, 4.69) is 4.90 Å². The lowest BCUT2D eigenvalue weighted by Gasteiger charge is -2.20. The quantitative estimate of drug-likeness (QED) is 0.925. The van der Waals surface area contributed by atoms with E-state index in [-0.39, 0.29) is 18.4 Å². The second-order valence-electron chi connectivity index (χ2n) is 6.82. The number of likely N-dealkylation sites (tertiary alicyclic amines) is 1. The molecule has 2 atom stereocenters. The number of fused-ring (bicyclic) bond motifs is 1. The lowest BCUT2D eigenvalue weighted by atomic mass is 9.97. The Morgan fingerprint density at radius 1 is 1.17 bits per heavy atom. The van der Waals surface area contributed by atoms with E-state index in [4.69, 9.17) is 11.6 Å². The van der Waals surface area contributed by atoms with Gasteiger partial charge >= 0.3 is 0 Å². The van der Waals surface area contributed by atoms with E-state index < -0.39 is 0 Å². The molecule has 4 nitrogen and oxygen atoms in total. The minimum absolute atomic E-state index is 0.0163. The van der Waals surface area contributed by atoms with Crippen molar-refractivity contribution in [1.29, 1.82) is 0 Å². The Balaban J connectivity index is 1.89. The zero-order valence-corrected chi connectivity index (χ0v) is 14.8. The summed E-state index contributed by atoms with van der Waals surface area (Å²) in [6.45, 7) is 2.27. The van der Waals surface area contributed by atoms with Crippen LogP contribution in [0.2, 0.25) is 5.02 Å². The van der Waals surface area contributed by atoms with E-state index in [9.17, 15) is 9.90 Å². The minimum Gasteiger partial charge on any atom is -0.396 e. The Kier molecular flexibility index (Phi) is 5.09. The molecule has 5 heteroatoms. The van der Waals surface area contributed by atoms with Gasteiger partial charge in [-0.3, -0.25) is 4.79 Å². The fourth-order valence-electron chi connectivity index (χ4n) is 3.62. The van der Waals surface area contributed by atoms with Gasteiger partial charge in [-0.2, -0.15) is 0 Å². The summed E-state index contributed by atoms with van der Waals surface area (Å²) in [5, 5.41) is 12.1. The van der Waals surface area contributed by atoms with Crippen LogP contribution in [-0.2, 0) is 0 Å². The SMILES string of the molecule is CN(C)CC1CN(C(=O)c2cccc3c(Cl)cccc23)CC1CO. The molecule has 1 amide bonds. The Morgan fingerprint density at radius 2 is 1.83 bits per heavy atom. The van der Waals surface area contributed by atoms with Gasteiger partial charge in [0.1, 0.15) is 0 Å². The van der Waals surface area contributed by atoms with Gasteiger partial charge in [-0.1, -0.05) is 35.9 Å². The standard InChI is InChI=1S/C19H23ClN2O2/c1-21(2)9-13-10-22(11-14(13)12-23)19(24)17-7-3-6-16-15(17)5-4-8-18(16)20/h3-8,13-14,23H,9-12H2,1-2H3. The van der Waals surface area contributed by atoms with Gasteiger partial charge in [-0.15, -0.1) is 0 Å². The molecule has 0 radical (unpaired) electrons. The summed E-state index contributed by atoms with van der Waals surface area (Å²) >= 11 is 6.26. The van der Waals surface area contributed by atoms with Crippen LogP contribution in [-0.4, -0.2) is 61.2 Å². The van der Waals surface area contributed by atoms with Crippen LogP contribution in [0, 0.1) is 11.8 Å². The van der Waals surface area contributed by atoms with Crippen LogP contribution in [0.15, 0.2) is 36.4 Å². The van der Waals surface area contributed by atoms with Crippen molar-refractivity contribution in [2.45, 2.75) is 0 Å². The zero-order chi connectivity index (χ0) is 17.3. The van der Waals surface area contributed by atoms with Gasteiger partial charge in [0.2, 0.25) is 0 Å². The highest BCUT2D eigenvalue weighted by molar-refractivity contribution is 6.36. The maximum atomic E-state index is 13.1. The van der Waals surface area contributed by atoms with Crippen molar-refractivity contribution in [1.82, 2.24) is 9.80 Å². The normalized spacial score (nSPS) is 21.0. The van der Waals surface area contributed by atoms with Gasteiger partial charge in [-0.05, 0) is 37.5 Å². The van der Waals surface area contributed by atoms with Crippen molar-refractivity contribution in [3.05, 3.63) is 47.0 Å². The van der Waals surface area contributed by atoms with E-state index in [1.54, 1.807) is 0 Å². The number of aliphatic hydroxyl groups excluding tert-OH is 1. The Labute approximate surface area is 147 Å². The number of benzene rings is 2. The van der Waals surface area contributed by atoms with Crippen LogP contribution in [0.4, 0.5) is 0 Å². The third kappa shape index (κ3) is 3.27. The lowest BCUT2D eigenvalue weighted by molar-refractivity contribution is 0.0781. The van der Waals surface area contributed by atoms with Crippen LogP contribution >= 0.6 is 11.6 Å². The number of nitrogens with zero attached hydrogens (tertiary/aromatic N) is 2. The summed E-state index contributed by atoms with van der Waals surface area (Å²) in [7, 11) is 4.04. The number of carbonyl (C=O) groups excluding carboxylic acids is 1. The van der Waals surface area contributed by atoms with E-state index >= 15 is 0 Å². The van der Waals surface area contributed by atoms with Gasteiger partial charge in [0.25, 0.3) is 5.91 Å². The van der Waals surface area contributed by atoms with Gasteiger partial charge in [0.15, 0.2) is 0 Å². The number of halogens is 1. The monoisotopic (exact) mass is 346 g/mol. The molecule has 1 aliphatic rings. The molecular weight excluding hydrogens is 324 g/mol. The number of hydrogen-bond donors (Lipinski definition) is 1. The number of amides is 1. The van der Waals surface area contributed by atoms with Crippen LogP contribution < -0.4 is 0 Å². The Bertz CT molecular complexity index is 747. The largest absolute Gasteiger partial charge is 0.396 e. The molecule has 0 aromatic heterocycles. The summed E-state index contributed by atoms with van der Waals surface area (Å²) in [5.41, 5.74) is 0.678. The van der Waals surface area contributed by atoms with Gasteiger partial charge < -0.3 is 14.9 Å². The molecule has 2 aromatic rings. The minimum atomic E-state index is 0.0163. The first kappa shape index (κ1) is 17.2. The van der Waals surface area contributed by atoms with Crippen molar-refractivity contribution in [3.63, 3.8) is 0 Å². The molecule has 128 valence electrons. The maximum absolute atomic E-state index is 13.1. The molecule has 1 N–H and O–H groups in total. The smallest absolute Gasteiger partial charge is 0.254 e.